The first kappa shape index (κ1) is 25.0. The van der Waals surface area contributed by atoms with Gasteiger partial charge in [0, 0.05) is 18.3 Å². The molecule has 2 amide bonds. The number of nitrogens with zero attached hydrogens (tertiary/aromatic N) is 1. The number of hydrogen-bond donors (Lipinski definition) is 1. The van der Waals surface area contributed by atoms with Crippen molar-refractivity contribution < 1.29 is 9.59 Å². The molecule has 0 unspecified atom stereocenters. The summed E-state index contributed by atoms with van der Waals surface area (Å²) in [5, 5.41) is 3.02. The van der Waals surface area contributed by atoms with Crippen LogP contribution in [0.25, 0.3) is 0 Å². The van der Waals surface area contributed by atoms with Crippen molar-refractivity contribution in [1.82, 2.24) is 10.2 Å². The summed E-state index contributed by atoms with van der Waals surface area (Å²) in [5.74, 6) is 1.07. The van der Waals surface area contributed by atoms with Crippen LogP contribution in [0.15, 0.2) is 48.5 Å². The van der Waals surface area contributed by atoms with Crippen molar-refractivity contribution in [3.63, 3.8) is 0 Å². The zero-order valence-electron chi connectivity index (χ0n) is 19.5. The molecule has 0 fully saturated rings. The van der Waals surface area contributed by atoms with Crippen molar-refractivity contribution in [2.75, 3.05) is 12.3 Å². The smallest absolute Gasteiger partial charge is 0.242 e. The summed E-state index contributed by atoms with van der Waals surface area (Å²) in [6.07, 6.45) is 1.59. The third kappa shape index (κ3) is 8.41. The van der Waals surface area contributed by atoms with Gasteiger partial charge in [-0.2, -0.15) is 0 Å². The lowest BCUT2D eigenvalue weighted by molar-refractivity contribution is -0.138. The summed E-state index contributed by atoms with van der Waals surface area (Å²) in [5.41, 5.74) is 4.87. The molecule has 0 aliphatic heterocycles. The Labute approximate surface area is 191 Å². The predicted octanol–water partition coefficient (Wildman–Crippen LogP) is 4.91. The summed E-state index contributed by atoms with van der Waals surface area (Å²) < 4.78 is 0. The van der Waals surface area contributed by atoms with Crippen molar-refractivity contribution in [2.24, 2.45) is 0 Å². The average Bonchev–Trinajstić information content (AvgIpc) is 2.73. The highest BCUT2D eigenvalue weighted by Crippen LogP contribution is 2.17. The van der Waals surface area contributed by atoms with E-state index in [9.17, 15) is 9.59 Å². The predicted molar refractivity (Wildman–Crippen MR) is 131 cm³/mol. The van der Waals surface area contributed by atoms with E-state index in [4.69, 9.17) is 0 Å². The van der Waals surface area contributed by atoms with E-state index in [1.54, 1.807) is 16.7 Å². The van der Waals surface area contributed by atoms with Crippen LogP contribution in [0.4, 0.5) is 0 Å². The fraction of sp³-hybridized carbons (Fsp3) is 0.462. The molecule has 2 aromatic rings. The van der Waals surface area contributed by atoms with Gasteiger partial charge in [0.25, 0.3) is 0 Å². The number of hydrogen-bond acceptors (Lipinski definition) is 3. The van der Waals surface area contributed by atoms with Crippen LogP contribution in [0.1, 0.15) is 49.4 Å². The molecule has 0 aromatic heterocycles. The first-order valence-electron chi connectivity index (χ1n) is 11.1. The standard InChI is InChI=1S/C26H36N2O2S/c1-6-21(4)27-26(30)22(5)28(13-12-23-10-8-7-9-11-23)25(29)18-31-17-24-15-19(2)14-20(3)16-24/h7-11,14-16,21-22H,6,12-13,17-18H2,1-5H3,(H,27,30)/t21-,22-/m0/s1. The van der Waals surface area contributed by atoms with Crippen LogP contribution in [0.3, 0.4) is 0 Å². The zero-order valence-corrected chi connectivity index (χ0v) is 20.3. The Hall–Kier alpha value is -2.27. The fourth-order valence-electron chi connectivity index (χ4n) is 3.53. The van der Waals surface area contributed by atoms with E-state index in [0.717, 1.165) is 24.2 Å². The van der Waals surface area contributed by atoms with Gasteiger partial charge in [-0.1, -0.05) is 66.6 Å². The minimum atomic E-state index is -0.493. The third-order valence-electron chi connectivity index (χ3n) is 5.43. The molecule has 0 saturated carbocycles. The number of rotatable bonds is 11. The van der Waals surface area contributed by atoms with Crippen molar-refractivity contribution in [2.45, 2.75) is 65.3 Å². The Kier molecular flexibility index (Phi) is 10.1. The maximum absolute atomic E-state index is 13.1. The molecule has 1 N–H and O–H groups in total. The van der Waals surface area contributed by atoms with Crippen LogP contribution in [0.5, 0.6) is 0 Å². The maximum Gasteiger partial charge on any atom is 0.242 e. The Bertz CT molecular complexity index is 833. The highest BCUT2D eigenvalue weighted by atomic mass is 32.2. The first-order chi connectivity index (χ1) is 14.8. The molecule has 4 nitrogen and oxygen atoms in total. The topological polar surface area (TPSA) is 49.4 Å². The molecule has 5 heteroatoms. The van der Waals surface area contributed by atoms with E-state index in [2.05, 4.69) is 49.5 Å². The van der Waals surface area contributed by atoms with Crippen LogP contribution < -0.4 is 5.32 Å². The number of benzene rings is 2. The normalized spacial score (nSPS) is 12.8. The fourth-order valence-corrected chi connectivity index (χ4v) is 4.37. The van der Waals surface area contributed by atoms with Gasteiger partial charge in [0.05, 0.1) is 5.75 Å². The van der Waals surface area contributed by atoms with Crippen molar-refractivity contribution in [3.05, 3.63) is 70.8 Å². The largest absolute Gasteiger partial charge is 0.352 e. The minimum absolute atomic E-state index is 0.0112. The van der Waals surface area contributed by atoms with Crippen molar-refractivity contribution >= 4 is 23.6 Å². The summed E-state index contributed by atoms with van der Waals surface area (Å²) in [7, 11) is 0. The minimum Gasteiger partial charge on any atom is -0.352 e. The SMILES string of the molecule is CC[C@H](C)NC(=O)[C@H](C)N(CCc1ccccc1)C(=O)CSCc1cc(C)cc(C)c1. The molecule has 31 heavy (non-hydrogen) atoms. The molecule has 0 heterocycles. The number of aryl methyl sites for hydroxylation is 2. The molecule has 0 radical (unpaired) electrons. The highest BCUT2D eigenvalue weighted by Gasteiger charge is 2.26. The van der Waals surface area contributed by atoms with E-state index < -0.39 is 6.04 Å². The van der Waals surface area contributed by atoms with Gasteiger partial charge in [-0.25, -0.2) is 0 Å². The summed E-state index contributed by atoms with van der Waals surface area (Å²) in [6.45, 7) is 10.6. The molecule has 0 saturated heterocycles. The molecule has 2 rings (SSSR count). The van der Waals surface area contributed by atoms with Gasteiger partial charge in [-0.3, -0.25) is 9.59 Å². The Morgan fingerprint density at radius 3 is 2.26 bits per heavy atom. The molecule has 2 aromatic carbocycles. The van der Waals surface area contributed by atoms with Gasteiger partial charge in [-0.05, 0) is 51.7 Å². The van der Waals surface area contributed by atoms with Crippen LogP contribution in [0.2, 0.25) is 0 Å². The molecule has 0 bridgehead atoms. The van der Waals surface area contributed by atoms with E-state index in [0.29, 0.717) is 12.3 Å². The molecule has 168 valence electrons. The molecule has 2 atom stereocenters. The van der Waals surface area contributed by atoms with E-state index >= 15 is 0 Å². The summed E-state index contributed by atoms with van der Waals surface area (Å²) in [4.78, 5) is 27.6. The monoisotopic (exact) mass is 440 g/mol. The van der Waals surface area contributed by atoms with Crippen molar-refractivity contribution in [3.8, 4) is 0 Å². The van der Waals surface area contributed by atoms with E-state index in [1.165, 1.54) is 16.7 Å². The lowest BCUT2D eigenvalue weighted by Gasteiger charge is -2.29. The third-order valence-corrected chi connectivity index (χ3v) is 6.42. The van der Waals surface area contributed by atoms with Crippen LogP contribution in [-0.4, -0.2) is 41.1 Å². The van der Waals surface area contributed by atoms with Gasteiger partial charge in [-0.15, -0.1) is 11.8 Å². The zero-order chi connectivity index (χ0) is 22.8. The van der Waals surface area contributed by atoms with E-state index in [-0.39, 0.29) is 17.9 Å². The van der Waals surface area contributed by atoms with Crippen LogP contribution >= 0.6 is 11.8 Å². The second-order valence-electron chi connectivity index (χ2n) is 8.31. The average molecular weight is 441 g/mol. The number of carbonyl (C=O) groups excluding carboxylic acids is 2. The Balaban J connectivity index is 2.02. The van der Waals surface area contributed by atoms with Gasteiger partial charge < -0.3 is 10.2 Å². The number of carbonyl (C=O) groups is 2. The van der Waals surface area contributed by atoms with Crippen LogP contribution in [0, 0.1) is 13.8 Å². The Morgan fingerprint density at radius 1 is 1.00 bits per heavy atom. The second-order valence-corrected chi connectivity index (χ2v) is 9.29. The summed E-state index contributed by atoms with van der Waals surface area (Å²) >= 11 is 1.61. The van der Waals surface area contributed by atoms with Crippen LogP contribution in [-0.2, 0) is 21.8 Å². The summed E-state index contributed by atoms with van der Waals surface area (Å²) in [6, 6.07) is 16.2. The Morgan fingerprint density at radius 2 is 1.65 bits per heavy atom. The number of thioether (sulfide) groups is 1. The lowest BCUT2D eigenvalue weighted by atomic mass is 10.1. The van der Waals surface area contributed by atoms with Gasteiger partial charge in [0.15, 0.2) is 0 Å². The maximum atomic E-state index is 13.1. The van der Waals surface area contributed by atoms with Gasteiger partial charge in [0.1, 0.15) is 6.04 Å². The molecule has 0 aliphatic rings. The molecular formula is C26H36N2O2S. The molecule has 0 aliphatic carbocycles. The van der Waals surface area contributed by atoms with Gasteiger partial charge in [0.2, 0.25) is 11.8 Å². The molecular weight excluding hydrogens is 404 g/mol. The second kappa shape index (κ2) is 12.6. The quantitative estimate of drug-likeness (QED) is 0.540. The van der Waals surface area contributed by atoms with Crippen molar-refractivity contribution in [1.29, 1.82) is 0 Å². The first-order valence-corrected chi connectivity index (χ1v) is 12.2. The highest BCUT2D eigenvalue weighted by molar-refractivity contribution is 7.99. The number of nitrogens with one attached hydrogen (secondary N) is 1. The number of amides is 2. The van der Waals surface area contributed by atoms with Gasteiger partial charge >= 0.3 is 0 Å². The van der Waals surface area contributed by atoms with E-state index in [1.807, 2.05) is 39.0 Å². The molecule has 0 spiro atoms. The lowest BCUT2D eigenvalue weighted by Crippen LogP contribution is -2.51.